The lowest BCUT2D eigenvalue weighted by Crippen LogP contribution is -2.44. The van der Waals surface area contributed by atoms with Gasteiger partial charge in [0, 0.05) is 12.0 Å². The number of aryl methyl sites for hydroxylation is 1. The third-order valence-electron chi connectivity index (χ3n) is 3.13. The van der Waals surface area contributed by atoms with E-state index in [1.54, 1.807) is 13.8 Å². The van der Waals surface area contributed by atoms with Crippen molar-refractivity contribution >= 4 is 11.9 Å². The van der Waals surface area contributed by atoms with Gasteiger partial charge in [-0.05, 0) is 30.0 Å². The zero-order valence-electron chi connectivity index (χ0n) is 12.3. The summed E-state index contributed by atoms with van der Waals surface area (Å²) in [4.78, 5) is 23.0. The van der Waals surface area contributed by atoms with Gasteiger partial charge in [-0.2, -0.15) is 13.2 Å². The van der Waals surface area contributed by atoms with E-state index in [9.17, 15) is 22.8 Å². The molecule has 7 heteroatoms. The first kappa shape index (κ1) is 18.0. The van der Waals surface area contributed by atoms with Crippen LogP contribution in [-0.2, 0) is 11.2 Å². The lowest BCUT2D eigenvalue weighted by molar-refractivity contribution is -0.140. The standard InChI is InChI=1S/C15H18F3NO3/c1-9(2)12(14(21)22)19-13(20)11-5-3-10(4-6-11)7-8-15(16,17)18/h3-6,9,12H,7-8H2,1-2H3,(H,19,20)(H,21,22)/t12-/m0/s1. The van der Waals surface area contributed by atoms with Crippen molar-refractivity contribution in [2.75, 3.05) is 0 Å². The van der Waals surface area contributed by atoms with Gasteiger partial charge < -0.3 is 10.4 Å². The number of carboxylic acids is 1. The molecule has 4 nitrogen and oxygen atoms in total. The minimum atomic E-state index is -4.22. The van der Waals surface area contributed by atoms with Gasteiger partial charge in [-0.15, -0.1) is 0 Å². The molecule has 2 N–H and O–H groups in total. The molecule has 0 aromatic heterocycles. The van der Waals surface area contributed by atoms with Crippen LogP contribution in [0.3, 0.4) is 0 Å². The number of halogens is 3. The van der Waals surface area contributed by atoms with Gasteiger partial charge in [-0.25, -0.2) is 4.79 Å². The van der Waals surface area contributed by atoms with Crippen LogP contribution >= 0.6 is 0 Å². The molecule has 1 atom stereocenters. The summed E-state index contributed by atoms with van der Waals surface area (Å²) in [6.07, 6.45) is -5.30. The van der Waals surface area contributed by atoms with E-state index in [0.717, 1.165) is 0 Å². The number of alkyl halides is 3. The van der Waals surface area contributed by atoms with Crippen LogP contribution in [0.15, 0.2) is 24.3 Å². The van der Waals surface area contributed by atoms with Gasteiger partial charge in [-0.3, -0.25) is 4.79 Å². The van der Waals surface area contributed by atoms with Gasteiger partial charge in [-0.1, -0.05) is 26.0 Å². The molecule has 0 aliphatic heterocycles. The molecule has 1 aromatic carbocycles. The molecule has 1 amide bonds. The summed E-state index contributed by atoms with van der Waals surface area (Å²) in [5.41, 5.74) is 0.676. The molecule has 1 aromatic rings. The number of carboxylic acid groups (broad SMARTS) is 1. The Kier molecular flexibility index (Phi) is 5.96. The van der Waals surface area contributed by atoms with Gasteiger partial charge in [0.25, 0.3) is 5.91 Å². The molecule has 0 aliphatic rings. The third-order valence-corrected chi connectivity index (χ3v) is 3.13. The maximum atomic E-state index is 12.1. The average molecular weight is 317 g/mol. The second kappa shape index (κ2) is 7.29. The van der Waals surface area contributed by atoms with Gasteiger partial charge in [0.05, 0.1) is 0 Å². The number of hydrogen-bond acceptors (Lipinski definition) is 2. The van der Waals surface area contributed by atoms with Crippen LogP contribution in [0.25, 0.3) is 0 Å². The molecule has 0 unspecified atom stereocenters. The topological polar surface area (TPSA) is 66.4 Å². The lowest BCUT2D eigenvalue weighted by atomic mass is 10.0. The normalized spacial score (nSPS) is 13.0. The van der Waals surface area contributed by atoms with Gasteiger partial charge in [0.2, 0.25) is 0 Å². The van der Waals surface area contributed by atoms with Crippen LogP contribution < -0.4 is 5.32 Å². The van der Waals surface area contributed by atoms with E-state index in [1.165, 1.54) is 24.3 Å². The van der Waals surface area contributed by atoms with Gasteiger partial charge >= 0.3 is 12.1 Å². The number of nitrogens with one attached hydrogen (secondary N) is 1. The molecule has 0 heterocycles. The van der Waals surface area contributed by atoms with Crippen LogP contribution in [0.4, 0.5) is 13.2 Å². The highest BCUT2D eigenvalue weighted by molar-refractivity contribution is 5.96. The summed E-state index contributed by atoms with van der Waals surface area (Å²) in [5.74, 6) is -1.99. The molecule has 122 valence electrons. The summed E-state index contributed by atoms with van der Waals surface area (Å²) in [7, 11) is 0. The highest BCUT2D eigenvalue weighted by Crippen LogP contribution is 2.22. The molecule has 0 radical (unpaired) electrons. The number of rotatable bonds is 6. The average Bonchev–Trinajstić information content (AvgIpc) is 2.41. The van der Waals surface area contributed by atoms with E-state index in [0.29, 0.717) is 5.56 Å². The quantitative estimate of drug-likeness (QED) is 0.847. The van der Waals surface area contributed by atoms with E-state index < -0.39 is 30.5 Å². The summed E-state index contributed by atoms with van der Waals surface area (Å²) < 4.78 is 36.4. The number of hydrogen-bond donors (Lipinski definition) is 2. The second-order valence-electron chi connectivity index (χ2n) is 5.35. The molecule has 0 fully saturated rings. The molecule has 0 spiro atoms. The predicted molar refractivity (Wildman–Crippen MR) is 74.5 cm³/mol. The summed E-state index contributed by atoms with van der Waals surface area (Å²) in [6.45, 7) is 3.33. The Bertz CT molecular complexity index is 524. The molecule has 0 saturated carbocycles. The van der Waals surface area contributed by atoms with E-state index in [-0.39, 0.29) is 17.9 Å². The van der Waals surface area contributed by atoms with Crippen molar-refractivity contribution in [1.82, 2.24) is 5.32 Å². The van der Waals surface area contributed by atoms with E-state index in [4.69, 9.17) is 5.11 Å². The summed E-state index contributed by atoms with van der Waals surface area (Å²) in [5, 5.41) is 11.4. The van der Waals surface area contributed by atoms with Crippen molar-refractivity contribution in [3.63, 3.8) is 0 Å². The van der Waals surface area contributed by atoms with Crippen molar-refractivity contribution < 1.29 is 27.9 Å². The number of carbonyl (C=O) groups excluding carboxylic acids is 1. The van der Waals surface area contributed by atoms with E-state index >= 15 is 0 Å². The van der Waals surface area contributed by atoms with Crippen molar-refractivity contribution in [3.8, 4) is 0 Å². The molecule has 0 saturated heterocycles. The smallest absolute Gasteiger partial charge is 0.389 e. The first-order valence-corrected chi connectivity index (χ1v) is 6.79. The molecule has 0 aliphatic carbocycles. The highest BCUT2D eigenvalue weighted by Gasteiger charge is 2.26. The van der Waals surface area contributed by atoms with Crippen molar-refractivity contribution in [2.24, 2.45) is 5.92 Å². The second-order valence-corrected chi connectivity index (χ2v) is 5.35. The number of amides is 1. The molecule has 22 heavy (non-hydrogen) atoms. The lowest BCUT2D eigenvalue weighted by Gasteiger charge is -2.18. The minimum Gasteiger partial charge on any atom is -0.480 e. The molecular weight excluding hydrogens is 299 g/mol. The Hall–Kier alpha value is -2.05. The Balaban J connectivity index is 2.69. The fraction of sp³-hybridized carbons (Fsp3) is 0.467. The Morgan fingerprint density at radius 1 is 1.18 bits per heavy atom. The maximum absolute atomic E-state index is 12.1. The first-order valence-electron chi connectivity index (χ1n) is 6.79. The first-order chi connectivity index (χ1) is 10.1. The van der Waals surface area contributed by atoms with Gasteiger partial charge in [0.15, 0.2) is 0 Å². The molecular formula is C15H18F3NO3. The number of benzene rings is 1. The van der Waals surface area contributed by atoms with Crippen molar-refractivity contribution in [3.05, 3.63) is 35.4 Å². The summed E-state index contributed by atoms with van der Waals surface area (Å²) in [6, 6.07) is 4.63. The zero-order chi connectivity index (χ0) is 16.9. The largest absolute Gasteiger partial charge is 0.480 e. The fourth-order valence-electron chi connectivity index (χ4n) is 1.85. The van der Waals surface area contributed by atoms with Crippen molar-refractivity contribution in [2.45, 2.75) is 38.9 Å². The van der Waals surface area contributed by atoms with Crippen LogP contribution in [0.5, 0.6) is 0 Å². The molecule has 0 bridgehead atoms. The predicted octanol–water partition coefficient (Wildman–Crippen LogP) is 3.02. The summed E-state index contributed by atoms with van der Waals surface area (Å²) >= 11 is 0. The third kappa shape index (κ3) is 5.75. The maximum Gasteiger partial charge on any atom is 0.389 e. The molecule has 1 rings (SSSR count). The zero-order valence-corrected chi connectivity index (χ0v) is 12.3. The Morgan fingerprint density at radius 3 is 2.14 bits per heavy atom. The number of aliphatic carboxylic acids is 1. The number of carbonyl (C=O) groups is 2. The van der Waals surface area contributed by atoms with E-state index in [2.05, 4.69) is 5.32 Å². The van der Waals surface area contributed by atoms with Crippen LogP contribution in [0, 0.1) is 5.92 Å². The van der Waals surface area contributed by atoms with Crippen LogP contribution in [0.1, 0.15) is 36.2 Å². The van der Waals surface area contributed by atoms with Crippen molar-refractivity contribution in [1.29, 1.82) is 0 Å². The van der Waals surface area contributed by atoms with Gasteiger partial charge in [0.1, 0.15) is 6.04 Å². The van der Waals surface area contributed by atoms with Crippen LogP contribution in [0.2, 0.25) is 0 Å². The monoisotopic (exact) mass is 317 g/mol. The minimum absolute atomic E-state index is 0.158. The Labute approximate surface area is 126 Å². The van der Waals surface area contributed by atoms with E-state index in [1.807, 2.05) is 0 Å². The Morgan fingerprint density at radius 2 is 1.73 bits per heavy atom. The highest BCUT2D eigenvalue weighted by atomic mass is 19.4. The SMILES string of the molecule is CC(C)[C@H](NC(=O)c1ccc(CCC(F)(F)F)cc1)C(=O)O. The van der Waals surface area contributed by atoms with Crippen LogP contribution in [-0.4, -0.2) is 29.2 Å². The fourth-order valence-corrected chi connectivity index (χ4v) is 1.85.